The second kappa shape index (κ2) is 0.881. The number of hydrogen-bond acceptors (Lipinski definition) is 2. The van der Waals surface area contributed by atoms with Crippen molar-refractivity contribution in [1.82, 2.24) is 0 Å². The summed E-state index contributed by atoms with van der Waals surface area (Å²) in [6, 6.07) is 0. The normalized spacial score (nSPS) is 40.8. The molecule has 2 nitrogen and oxygen atoms in total. The fourth-order valence-corrected chi connectivity index (χ4v) is 0.293. The predicted octanol–water partition coefficient (Wildman–Crippen LogP) is 1.08. The van der Waals surface area contributed by atoms with Crippen molar-refractivity contribution in [2.24, 2.45) is 4.99 Å². The molecule has 1 aliphatic heterocycles. The van der Waals surface area contributed by atoms with Gasteiger partial charge in [0.05, 0.1) is 0 Å². The van der Waals surface area contributed by atoms with Crippen LogP contribution in [0.15, 0.2) is 4.99 Å². The number of hydrogen-bond donors (Lipinski definition) is 0. The van der Waals surface area contributed by atoms with Crippen LogP contribution < -0.4 is 0 Å². The predicted molar refractivity (Wildman–Crippen MR) is 24.5 cm³/mol. The third-order valence-corrected chi connectivity index (χ3v) is 1.29. The quantitative estimate of drug-likeness (QED) is 0.454. The molecule has 0 aromatic heterocycles. The second-order valence-corrected chi connectivity index (χ2v) is 2.53. The van der Waals surface area contributed by atoms with Gasteiger partial charge in [0.1, 0.15) is 0 Å². The van der Waals surface area contributed by atoms with E-state index in [1.54, 1.807) is 6.21 Å². The number of aliphatic imine (C=N–C) groups is 1. The van der Waals surface area contributed by atoms with Crippen molar-refractivity contribution < 1.29 is 4.57 Å². The first-order valence-electron chi connectivity index (χ1n) is 1.68. The second-order valence-electron chi connectivity index (χ2n) is 1.44. The lowest BCUT2D eigenvalue weighted by atomic mass is 10.5. The Morgan fingerprint density at radius 1 is 2.00 bits per heavy atom. The summed E-state index contributed by atoms with van der Waals surface area (Å²) in [5.74, 6) is 0. The summed E-state index contributed by atoms with van der Waals surface area (Å²) in [5, 5.41) is -0.292. The lowest BCUT2D eigenvalue weighted by Crippen LogP contribution is -1.90. The van der Waals surface area contributed by atoms with Gasteiger partial charge >= 0.3 is 0 Å². The molecule has 1 atom stereocenters. The van der Waals surface area contributed by atoms with Crippen LogP contribution in [0.5, 0.6) is 0 Å². The Kier molecular flexibility index (Phi) is 0.579. The summed E-state index contributed by atoms with van der Waals surface area (Å²) in [6.07, 6.45) is 1.67. The highest BCUT2D eigenvalue weighted by Gasteiger charge is 2.30. The molecule has 0 aromatic carbocycles. The van der Waals surface area contributed by atoms with Crippen molar-refractivity contribution in [3.63, 3.8) is 0 Å². The van der Waals surface area contributed by atoms with Crippen LogP contribution in [0, 0.1) is 0 Å². The summed E-state index contributed by atoms with van der Waals surface area (Å²) >= 11 is 0. The van der Waals surface area contributed by atoms with Crippen LogP contribution in [0.4, 0.5) is 0 Å². The van der Waals surface area contributed by atoms with Gasteiger partial charge in [0.15, 0.2) is 13.7 Å². The van der Waals surface area contributed by atoms with Gasteiger partial charge in [-0.2, -0.15) is 0 Å². The highest BCUT2D eigenvalue weighted by molar-refractivity contribution is 7.28. The minimum Gasteiger partial charge on any atom is -0.272 e. The molecule has 0 fully saturated rings. The molecule has 1 heterocycles. The van der Waals surface area contributed by atoms with E-state index in [4.69, 9.17) is 0 Å². The average Bonchev–Trinajstić information content (AvgIpc) is 2.22. The van der Waals surface area contributed by atoms with Crippen molar-refractivity contribution in [2.75, 3.05) is 0 Å². The molecular weight excluding hydrogens is 97.0 g/mol. The van der Waals surface area contributed by atoms with E-state index in [9.17, 15) is 4.57 Å². The lowest BCUT2D eigenvalue weighted by molar-refractivity contribution is 0.592. The summed E-state index contributed by atoms with van der Waals surface area (Å²) in [4.78, 5) is 3.70. The summed E-state index contributed by atoms with van der Waals surface area (Å²) in [6.45, 7) is 1.81. The molecule has 32 valence electrons. The van der Waals surface area contributed by atoms with Gasteiger partial charge in [-0.1, -0.05) is 0 Å². The van der Waals surface area contributed by atoms with Crippen molar-refractivity contribution in [1.29, 1.82) is 0 Å². The maximum Gasteiger partial charge on any atom is 0.191 e. The maximum atomic E-state index is 9.86. The molecule has 0 spiro atoms. The van der Waals surface area contributed by atoms with Gasteiger partial charge in [0, 0.05) is 6.21 Å². The molecular formula is C3H4NOP. The van der Waals surface area contributed by atoms with Gasteiger partial charge < -0.3 is 0 Å². The van der Waals surface area contributed by atoms with Gasteiger partial charge in [-0.15, -0.1) is 0 Å². The Balaban J connectivity index is 2.52. The van der Waals surface area contributed by atoms with Crippen LogP contribution in [0.3, 0.4) is 0 Å². The van der Waals surface area contributed by atoms with Crippen LogP contribution in [-0.4, -0.2) is 11.5 Å². The molecule has 0 aliphatic carbocycles. The molecule has 0 aromatic rings. The van der Waals surface area contributed by atoms with Crippen LogP contribution in [0.25, 0.3) is 0 Å². The third kappa shape index (κ3) is 0.479. The Morgan fingerprint density at radius 2 is 2.50 bits per heavy atom. The zero-order chi connectivity index (χ0) is 4.62. The summed E-state index contributed by atoms with van der Waals surface area (Å²) in [7, 11) is 0.113. The largest absolute Gasteiger partial charge is 0.272 e. The third-order valence-electron chi connectivity index (χ3n) is 0.688. The van der Waals surface area contributed by atoms with Gasteiger partial charge in [0.2, 0.25) is 0 Å². The van der Waals surface area contributed by atoms with Crippen molar-refractivity contribution in [3.8, 4) is 0 Å². The van der Waals surface area contributed by atoms with E-state index in [1.165, 1.54) is 0 Å². The smallest absolute Gasteiger partial charge is 0.191 e. The Morgan fingerprint density at radius 3 is 2.50 bits per heavy atom. The molecule has 0 N–H and O–H groups in total. The first-order valence-corrected chi connectivity index (χ1v) is 2.49. The van der Waals surface area contributed by atoms with Gasteiger partial charge in [-0.05, 0) is 6.92 Å². The fraction of sp³-hybridized carbons (Fsp3) is 0.667. The molecule has 3 heteroatoms. The topological polar surface area (TPSA) is 29.4 Å². The molecule has 0 radical (unpaired) electrons. The zero-order valence-electron chi connectivity index (χ0n) is 3.38. The van der Waals surface area contributed by atoms with Gasteiger partial charge in [-0.3, -0.25) is 9.56 Å². The Labute approximate surface area is 37.5 Å². The van der Waals surface area contributed by atoms with Crippen LogP contribution >= 0.6 is 8.46 Å². The molecule has 0 saturated heterocycles. The molecule has 1 rings (SSSR count). The maximum absolute atomic E-state index is 9.86. The number of rotatable bonds is 1. The highest BCUT2D eigenvalue weighted by Crippen LogP contribution is 2.30. The average molecular weight is 101 g/mol. The fourth-order valence-electron chi connectivity index (χ4n) is 0.141. The van der Waals surface area contributed by atoms with Crippen molar-refractivity contribution in [2.45, 2.75) is 12.2 Å². The zero-order valence-corrected chi connectivity index (χ0v) is 4.27. The molecule has 1 aliphatic rings. The first kappa shape index (κ1) is 3.94. The SMILES string of the molecule is CC1(P=O)C=N1. The van der Waals surface area contributed by atoms with E-state index in [2.05, 4.69) is 4.99 Å². The summed E-state index contributed by atoms with van der Waals surface area (Å²) < 4.78 is 9.86. The standard InChI is InChI=1S/C3H4NOP/c1-3(6-5)2-4-3/h2H,1H3. The Bertz CT molecular complexity index is 103. The monoisotopic (exact) mass is 101 g/mol. The van der Waals surface area contributed by atoms with Crippen LogP contribution in [-0.2, 0) is 4.57 Å². The van der Waals surface area contributed by atoms with Crippen molar-refractivity contribution in [3.05, 3.63) is 0 Å². The van der Waals surface area contributed by atoms with Gasteiger partial charge in [0.25, 0.3) is 0 Å². The Hall–Kier alpha value is -0.230. The van der Waals surface area contributed by atoms with Crippen molar-refractivity contribution >= 4 is 14.7 Å². The minimum absolute atomic E-state index is 0.113. The van der Waals surface area contributed by atoms with Crippen LogP contribution in [0.2, 0.25) is 0 Å². The van der Waals surface area contributed by atoms with E-state index in [0.29, 0.717) is 0 Å². The minimum atomic E-state index is -0.292. The summed E-state index contributed by atoms with van der Waals surface area (Å²) in [5.41, 5.74) is 0. The lowest BCUT2D eigenvalue weighted by Gasteiger charge is -1.82. The molecule has 6 heavy (non-hydrogen) atoms. The van der Waals surface area contributed by atoms with E-state index in [0.717, 1.165) is 0 Å². The highest BCUT2D eigenvalue weighted by atomic mass is 31.1. The molecule has 0 amide bonds. The van der Waals surface area contributed by atoms with E-state index < -0.39 is 0 Å². The van der Waals surface area contributed by atoms with E-state index in [-0.39, 0.29) is 13.7 Å². The first-order chi connectivity index (χ1) is 2.77. The van der Waals surface area contributed by atoms with Gasteiger partial charge in [-0.25, -0.2) is 0 Å². The molecule has 0 bridgehead atoms. The molecule has 0 saturated carbocycles. The number of nitrogens with zero attached hydrogens (tertiary/aromatic N) is 1. The van der Waals surface area contributed by atoms with Crippen LogP contribution in [0.1, 0.15) is 6.92 Å². The van der Waals surface area contributed by atoms with E-state index >= 15 is 0 Å². The van der Waals surface area contributed by atoms with E-state index in [1.807, 2.05) is 6.92 Å². The molecule has 1 unspecified atom stereocenters.